The maximum atomic E-state index is 6.07. The first kappa shape index (κ1) is 18.3. The van der Waals surface area contributed by atoms with Crippen LogP contribution in [0.3, 0.4) is 0 Å². The minimum Gasteiger partial charge on any atom is -0.491 e. The monoisotopic (exact) mass is 317 g/mol. The van der Waals surface area contributed by atoms with Crippen LogP contribution in [0.4, 0.5) is 0 Å². The third kappa shape index (κ3) is 6.95. The third-order valence-corrected chi connectivity index (χ3v) is 4.95. The molecule has 0 aliphatic carbocycles. The molecule has 1 N–H and O–H groups in total. The van der Waals surface area contributed by atoms with Crippen molar-refractivity contribution in [3.63, 3.8) is 0 Å². The summed E-state index contributed by atoms with van der Waals surface area (Å²) in [6.45, 7) is 6.76. The Kier molecular flexibility index (Phi) is 8.52. The van der Waals surface area contributed by atoms with E-state index >= 15 is 0 Å². The molecule has 2 nitrogen and oxygen atoms in total. The fourth-order valence-electron chi connectivity index (χ4n) is 3.46. The van der Waals surface area contributed by atoms with E-state index in [1.165, 1.54) is 69.9 Å². The molecule has 23 heavy (non-hydrogen) atoms. The first-order valence-electron chi connectivity index (χ1n) is 9.77. The van der Waals surface area contributed by atoms with Gasteiger partial charge in [0.2, 0.25) is 0 Å². The normalized spacial score (nSPS) is 19.5. The van der Waals surface area contributed by atoms with Crippen LogP contribution in [-0.4, -0.2) is 19.2 Å². The molecule has 1 aromatic rings. The van der Waals surface area contributed by atoms with Crippen molar-refractivity contribution in [3.05, 3.63) is 29.8 Å². The Bertz CT molecular complexity index is 408. The summed E-state index contributed by atoms with van der Waals surface area (Å²) in [6.07, 6.45) is 12.2. The largest absolute Gasteiger partial charge is 0.491 e. The molecule has 0 saturated carbocycles. The van der Waals surface area contributed by atoms with Crippen molar-refractivity contribution in [2.45, 2.75) is 83.7 Å². The average Bonchev–Trinajstić information content (AvgIpc) is 2.59. The molecule has 0 aromatic heterocycles. The summed E-state index contributed by atoms with van der Waals surface area (Å²) in [4.78, 5) is 0. The Labute approximate surface area is 143 Å². The van der Waals surface area contributed by atoms with Crippen molar-refractivity contribution in [1.82, 2.24) is 5.32 Å². The molecule has 1 saturated heterocycles. The van der Waals surface area contributed by atoms with E-state index in [-0.39, 0.29) is 0 Å². The molecule has 1 fully saturated rings. The lowest BCUT2D eigenvalue weighted by Gasteiger charge is -2.23. The van der Waals surface area contributed by atoms with Crippen LogP contribution in [-0.2, 0) is 0 Å². The second-order valence-electron chi connectivity index (χ2n) is 7.10. The van der Waals surface area contributed by atoms with Gasteiger partial charge in [0.1, 0.15) is 5.75 Å². The minimum absolute atomic E-state index is 0.323. The van der Waals surface area contributed by atoms with E-state index in [0.717, 1.165) is 12.3 Å². The van der Waals surface area contributed by atoms with Gasteiger partial charge in [-0.1, -0.05) is 51.2 Å². The average molecular weight is 318 g/mol. The smallest absolute Gasteiger partial charge is 0.119 e. The number of hydrogen-bond acceptors (Lipinski definition) is 2. The Morgan fingerprint density at radius 1 is 1.09 bits per heavy atom. The standard InChI is InChI=1S/C21H35NO/c1-3-4-5-6-7-8-10-18(2)23-21-14-12-19(13-15-21)20-11-9-16-22-17-20/h12-15,18,20,22H,3-11,16-17H2,1-2H3. The zero-order chi connectivity index (χ0) is 16.3. The van der Waals surface area contributed by atoms with Crippen LogP contribution in [0.5, 0.6) is 5.75 Å². The quantitative estimate of drug-likeness (QED) is 0.561. The van der Waals surface area contributed by atoms with Gasteiger partial charge in [-0.3, -0.25) is 0 Å². The number of ether oxygens (including phenoxy) is 1. The molecule has 2 rings (SSSR count). The highest BCUT2D eigenvalue weighted by atomic mass is 16.5. The number of rotatable bonds is 10. The summed E-state index contributed by atoms with van der Waals surface area (Å²) in [5.74, 6) is 1.70. The molecule has 1 aliphatic heterocycles. The van der Waals surface area contributed by atoms with Crippen molar-refractivity contribution in [3.8, 4) is 5.75 Å². The zero-order valence-electron chi connectivity index (χ0n) is 15.2. The molecule has 1 aliphatic rings. The van der Waals surface area contributed by atoms with Crippen molar-refractivity contribution in [2.24, 2.45) is 0 Å². The fraction of sp³-hybridized carbons (Fsp3) is 0.714. The van der Waals surface area contributed by atoms with E-state index in [1.54, 1.807) is 0 Å². The van der Waals surface area contributed by atoms with Gasteiger partial charge in [-0.05, 0) is 62.8 Å². The molecule has 1 heterocycles. The molecule has 2 atom stereocenters. The van der Waals surface area contributed by atoms with E-state index < -0.39 is 0 Å². The maximum absolute atomic E-state index is 6.07. The van der Waals surface area contributed by atoms with Crippen LogP contribution in [0.1, 0.15) is 83.1 Å². The van der Waals surface area contributed by atoms with Gasteiger partial charge < -0.3 is 10.1 Å². The highest BCUT2D eigenvalue weighted by molar-refractivity contribution is 5.30. The first-order chi connectivity index (χ1) is 11.3. The lowest BCUT2D eigenvalue weighted by Crippen LogP contribution is -2.28. The molecular weight excluding hydrogens is 282 g/mol. The molecule has 0 bridgehead atoms. The topological polar surface area (TPSA) is 21.3 Å². The lowest BCUT2D eigenvalue weighted by molar-refractivity contribution is 0.206. The number of piperidine rings is 1. The highest BCUT2D eigenvalue weighted by Gasteiger charge is 2.15. The highest BCUT2D eigenvalue weighted by Crippen LogP contribution is 2.25. The Hall–Kier alpha value is -1.02. The van der Waals surface area contributed by atoms with Crippen molar-refractivity contribution >= 4 is 0 Å². The summed E-state index contributed by atoms with van der Waals surface area (Å²) in [5.41, 5.74) is 1.45. The van der Waals surface area contributed by atoms with Crippen molar-refractivity contribution in [2.75, 3.05) is 13.1 Å². The molecular formula is C21H35NO. The second-order valence-corrected chi connectivity index (χ2v) is 7.10. The third-order valence-electron chi connectivity index (χ3n) is 4.95. The predicted molar refractivity (Wildman–Crippen MR) is 99.4 cm³/mol. The van der Waals surface area contributed by atoms with Gasteiger partial charge >= 0.3 is 0 Å². The predicted octanol–water partition coefficient (Wildman–Crippen LogP) is 5.67. The number of hydrogen-bond donors (Lipinski definition) is 1. The van der Waals surface area contributed by atoms with Gasteiger partial charge in [0.25, 0.3) is 0 Å². The number of benzene rings is 1. The number of unbranched alkanes of at least 4 members (excludes halogenated alkanes) is 5. The van der Waals surface area contributed by atoms with Gasteiger partial charge in [0.15, 0.2) is 0 Å². The van der Waals surface area contributed by atoms with Crippen LogP contribution in [0, 0.1) is 0 Å². The van der Waals surface area contributed by atoms with Gasteiger partial charge in [-0.15, -0.1) is 0 Å². The Morgan fingerprint density at radius 3 is 2.52 bits per heavy atom. The summed E-state index contributed by atoms with van der Waals surface area (Å²) >= 11 is 0. The minimum atomic E-state index is 0.323. The van der Waals surface area contributed by atoms with E-state index in [1.807, 2.05) is 0 Å². The van der Waals surface area contributed by atoms with Crippen LogP contribution < -0.4 is 10.1 Å². The summed E-state index contributed by atoms with van der Waals surface area (Å²) < 4.78 is 6.07. The maximum Gasteiger partial charge on any atom is 0.119 e. The molecule has 2 unspecified atom stereocenters. The van der Waals surface area contributed by atoms with Crippen LogP contribution >= 0.6 is 0 Å². The molecule has 2 heteroatoms. The SMILES string of the molecule is CCCCCCCCC(C)Oc1ccc(C2CCCNC2)cc1. The van der Waals surface area contributed by atoms with Crippen LogP contribution in [0.2, 0.25) is 0 Å². The van der Waals surface area contributed by atoms with E-state index in [0.29, 0.717) is 12.0 Å². The second kappa shape index (κ2) is 10.7. The first-order valence-corrected chi connectivity index (χ1v) is 9.77. The molecule has 0 amide bonds. The molecule has 0 spiro atoms. The van der Waals surface area contributed by atoms with E-state index in [4.69, 9.17) is 4.74 Å². The van der Waals surface area contributed by atoms with Gasteiger partial charge in [-0.2, -0.15) is 0 Å². The summed E-state index contributed by atoms with van der Waals surface area (Å²) in [5, 5.41) is 3.49. The van der Waals surface area contributed by atoms with Crippen molar-refractivity contribution < 1.29 is 4.74 Å². The Morgan fingerprint density at radius 2 is 1.83 bits per heavy atom. The van der Waals surface area contributed by atoms with E-state index in [2.05, 4.69) is 43.4 Å². The van der Waals surface area contributed by atoms with Crippen LogP contribution in [0.15, 0.2) is 24.3 Å². The summed E-state index contributed by atoms with van der Waals surface area (Å²) in [7, 11) is 0. The fourth-order valence-corrected chi connectivity index (χ4v) is 3.46. The summed E-state index contributed by atoms with van der Waals surface area (Å²) in [6, 6.07) is 8.82. The van der Waals surface area contributed by atoms with E-state index in [9.17, 15) is 0 Å². The molecule has 0 radical (unpaired) electrons. The van der Waals surface area contributed by atoms with Crippen LogP contribution in [0.25, 0.3) is 0 Å². The zero-order valence-corrected chi connectivity index (χ0v) is 15.2. The molecule has 1 aromatic carbocycles. The van der Waals surface area contributed by atoms with Gasteiger partial charge in [0, 0.05) is 6.54 Å². The molecule has 130 valence electrons. The lowest BCUT2D eigenvalue weighted by atomic mass is 9.92. The number of nitrogens with one attached hydrogen (secondary N) is 1. The van der Waals surface area contributed by atoms with Gasteiger partial charge in [-0.25, -0.2) is 0 Å². The van der Waals surface area contributed by atoms with Gasteiger partial charge in [0.05, 0.1) is 6.10 Å². The Balaban J connectivity index is 1.66. The van der Waals surface area contributed by atoms with Crippen molar-refractivity contribution in [1.29, 1.82) is 0 Å².